The fraction of sp³-hybridized carbons (Fsp3) is 0.125. The molecule has 0 aliphatic carbocycles. The van der Waals surface area contributed by atoms with Crippen LogP contribution in [0.4, 0.5) is 0 Å². The van der Waals surface area contributed by atoms with E-state index in [1.807, 2.05) is 22.9 Å². The molecule has 0 N–H and O–H groups in total. The second-order valence-electron chi connectivity index (χ2n) is 4.69. The maximum absolute atomic E-state index is 11.2. The second-order valence-corrected chi connectivity index (χ2v) is 5.10. The summed E-state index contributed by atoms with van der Waals surface area (Å²) in [4.78, 5) is 15.6. The fourth-order valence-corrected chi connectivity index (χ4v) is 2.25. The van der Waals surface area contributed by atoms with Crippen LogP contribution in [-0.4, -0.2) is 15.2 Å². The molecule has 1 aromatic carbocycles. The number of ketones is 1. The first kappa shape index (κ1) is 13.6. The van der Waals surface area contributed by atoms with Crippen molar-refractivity contribution in [3.05, 3.63) is 65.1 Å². The van der Waals surface area contributed by atoms with E-state index < -0.39 is 0 Å². The van der Waals surface area contributed by atoms with Crippen LogP contribution in [0.1, 0.15) is 23.0 Å². The second kappa shape index (κ2) is 5.58. The van der Waals surface area contributed by atoms with Crippen LogP contribution in [0.15, 0.2) is 48.8 Å². The molecule has 0 radical (unpaired) electrons. The van der Waals surface area contributed by atoms with Gasteiger partial charge in [0.1, 0.15) is 12.4 Å². The molecule has 2 heterocycles. The Kier molecular flexibility index (Phi) is 3.62. The van der Waals surface area contributed by atoms with Crippen molar-refractivity contribution in [2.45, 2.75) is 13.5 Å². The molecule has 0 saturated heterocycles. The summed E-state index contributed by atoms with van der Waals surface area (Å²) in [6.45, 7) is 1.88. The molecule has 5 heteroatoms. The lowest BCUT2D eigenvalue weighted by molar-refractivity contribution is 0.101. The van der Waals surface area contributed by atoms with Gasteiger partial charge in [0.25, 0.3) is 0 Å². The Labute approximate surface area is 126 Å². The summed E-state index contributed by atoms with van der Waals surface area (Å²) in [6.07, 6.45) is 3.77. The topological polar surface area (TPSA) is 43.6 Å². The highest BCUT2D eigenvalue weighted by Gasteiger charge is 2.06. The van der Waals surface area contributed by atoms with E-state index in [1.165, 1.54) is 6.92 Å². The maximum atomic E-state index is 11.2. The van der Waals surface area contributed by atoms with Gasteiger partial charge in [0.05, 0.1) is 10.7 Å². The Balaban J connectivity index is 1.74. The van der Waals surface area contributed by atoms with E-state index in [1.54, 1.807) is 30.3 Å². The molecular formula is C16H13ClN2O2. The number of aromatic nitrogens is 2. The lowest BCUT2D eigenvalue weighted by Crippen LogP contribution is -1.96. The lowest BCUT2D eigenvalue weighted by Gasteiger charge is -2.04. The quantitative estimate of drug-likeness (QED) is 0.689. The number of rotatable bonds is 4. The molecule has 3 rings (SSSR count). The number of hydrogen-bond donors (Lipinski definition) is 0. The molecule has 0 aliphatic rings. The van der Waals surface area contributed by atoms with E-state index in [2.05, 4.69) is 4.98 Å². The van der Waals surface area contributed by atoms with Crippen molar-refractivity contribution in [2.75, 3.05) is 0 Å². The maximum Gasteiger partial charge on any atom is 0.159 e. The molecule has 0 bridgehead atoms. The monoisotopic (exact) mass is 300 g/mol. The van der Waals surface area contributed by atoms with E-state index in [-0.39, 0.29) is 5.78 Å². The first-order valence-corrected chi connectivity index (χ1v) is 6.87. The molecule has 4 nitrogen and oxygen atoms in total. The van der Waals surface area contributed by atoms with Gasteiger partial charge in [-0.05, 0) is 43.3 Å². The summed E-state index contributed by atoms with van der Waals surface area (Å²) in [5, 5.41) is 0.606. The third-order valence-electron chi connectivity index (χ3n) is 3.13. The Morgan fingerprint density at radius 1 is 1.29 bits per heavy atom. The van der Waals surface area contributed by atoms with Crippen molar-refractivity contribution in [2.24, 2.45) is 0 Å². The number of fused-ring (bicyclic) bond motifs is 1. The molecule has 0 spiro atoms. The van der Waals surface area contributed by atoms with Gasteiger partial charge in [-0.2, -0.15) is 0 Å². The van der Waals surface area contributed by atoms with E-state index in [4.69, 9.17) is 16.3 Å². The number of imidazole rings is 1. The van der Waals surface area contributed by atoms with E-state index in [0.29, 0.717) is 28.6 Å². The minimum Gasteiger partial charge on any atom is -0.487 e. The van der Waals surface area contributed by atoms with Crippen LogP contribution in [-0.2, 0) is 6.61 Å². The van der Waals surface area contributed by atoms with Gasteiger partial charge in [-0.25, -0.2) is 4.98 Å². The number of Topliss-reactive ketones (excluding diaryl/α,β-unsaturated/α-hetero) is 1. The van der Waals surface area contributed by atoms with Crippen LogP contribution in [0.2, 0.25) is 5.02 Å². The van der Waals surface area contributed by atoms with Crippen LogP contribution < -0.4 is 4.74 Å². The predicted molar refractivity (Wildman–Crippen MR) is 81.0 cm³/mol. The van der Waals surface area contributed by atoms with Crippen molar-refractivity contribution in [3.8, 4) is 5.75 Å². The normalized spacial score (nSPS) is 10.8. The minimum atomic E-state index is 0.0385. The van der Waals surface area contributed by atoms with Crippen LogP contribution in [0, 0.1) is 0 Å². The predicted octanol–water partition coefficient (Wildman–Crippen LogP) is 3.77. The van der Waals surface area contributed by atoms with Crippen molar-refractivity contribution in [1.82, 2.24) is 9.38 Å². The van der Waals surface area contributed by atoms with E-state index in [0.717, 1.165) is 5.69 Å². The Bertz CT molecular complexity index is 794. The zero-order chi connectivity index (χ0) is 14.8. The summed E-state index contributed by atoms with van der Waals surface area (Å²) < 4.78 is 7.53. The average Bonchev–Trinajstić information content (AvgIpc) is 2.90. The van der Waals surface area contributed by atoms with Crippen molar-refractivity contribution in [3.63, 3.8) is 0 Å². The third-order valence-corrected chi connectivity index (χ3v) is 3.43. The number of carbonyl (C=O) groups excluding carboxylic acids is 1. The van der Waals surface area contributed by atoms with Gasteiger partial charge in [0.15, 0.2) is 11.4 Å². The van der Waals surface area contributed by atoms with Gasteiger partial charge in [0.2, 0.25) is 0 Å². The van der Waals surface area contributed by atoms with E-state index >= 15 is 0 Å². The van der Waals surface area contributed by atoms with Gasteiger partial charge >= 0.3 is 0 Å². The molecule has 106 valence electrons. The van der Waals surface area contributed by atoms with E-state index in [9.17, 15) is 4.79 Å². The standard InChI is InChI=1S/C16H13ClN2O2/c1-11(20)12-4-6-14(7-5-12)21-10-13-9-19-8-2-3-15(17)16(19)18-13/h2-9H,10H2,1H3. The summed E-state index contributed by atoms with van der Waals surface area (Å²) >= 11 is 6.08. The third kappa shape index (κ3) is 2.90. The number of ether oxygens (including phenoxy) is 1. The van der Waals surface area contributed by atoms with Gasteiger partial charge in [-0.1, -0.05) is 11.6 Å². The number of hydrogen-bond acceptors (Lipinski definition) is 3. The summed E-state index contributed by atoms with van der Waals surface area (Å²) in [5.74, 6) is 0.736. The highest BCUT2D eigenvalue weighted by molar-refractivity contribution is 6.33. The van der Waals surface area contributed by atoms with Gasteiger partial charge in [-0.3, -0.25) is 4.79 Å². The fourth-order valence-electron chi connectivity index (χ4n) is 2.04. The van der Waals surface area contributed by atoms with Crippen LogP contribution in [0.3, 0.4) is 0 Å². The van der Waals surface area contributed by atoms with Gasteiger partial charge in [-0.15, -0.1) is 0 Å². The van der Waals surface area contributed by atoms with Gasteiger partial charge in [0, 0.05) is 18.0 Å². The molecule has 2 aromatic heterocycles. The Morgan fingerprint density at radius 3 is 2.71 bits per heavy atom. The van der Waals surface area contributed by atoms with Crippen molar-refractivity contribution >= 4 is 23.0 Å². The molecule has 0 saturated carbocycles. The highest BCUT2D eigenvalue weighted by Crippen LogP contribution is 2.18. The van der Waals surface area contributed by atoms with Crippen molar-refractivity contribution in [1.29, 1.82) is 0 Å². The number of nitrogens with zero attached hydrogens (tertiary/aromatic N) is 2. The SMILES string of the molecule is CC(=O)c1ccc(OCc2cn3cccc(Cl)c3n2)cc1. The molecule has 0 atom stereocenters. The molecule has 0 amide bonds. The summed E-state index contributed by atoms with van der Waals surface area (Å²) in [6, 6.07) is 10.7. The Hall–Kier alpha value is -2.33. The molecule has 0 unspecified atom stereocenters. The van der Waals surface area contributed by atoms with Crippen molar-refractivity contribution < 1.29 is 9.53 Å². The average molecular weight is 301 g/mol. The Morgan fingerprint density at radius 2 is 2.05 bits per heavy atom. The van der Waals surface area contributed by atoms with Crippen LogP contribution >= 0.6 is 11.6 Å². The van der Waals surface area contributed by atoms with Crippen LogP contribution in [0.25, 0.3) is 5.65 Å². The first-order chi connectivity index (χ1) is 10.1. The molecule has 3 aromatic rings. The molecule has 21 heavy (non-hydrogen) atoms. The highest BCUT2D eigenvalue weighted by atomic mass is 35.5. The number of pyridine rings is 1. The molecule has 0 fully saturated rings. The number of benzene rings is 1. The summed E-state index contributed by atoms with van der Waals surface area (Å²) in [5.41, 5.74) is 2.17. The largest absolute Gasteiger partial charge is 0.487 e. The zero-order valence-corrected chi connectivity index (χ0v) is 12.2. The number of halogens is 1. The summed E-state index contributed by atoms with van der Waals surface area (Å²) in [7, 11) is 0. The minimum absolute atomic E-state index is 0.0385. The van der Waals surface area contributed by atoms with Crippen LogP contribution in [0.5, 0.6) is 5.75 Å². The lowest BCUT2D eigenvalue weighted by atomic mass is 10.1. The smallest absolute Gasteiger partial charge is 0.159 e. The number of carbonyl (C=O) groups is 1. The van der Waals surface area contributed by atoms with Gasteiger partial charge < -0.3 is 9.14 Å². The zero-order valence-electron chi connectivity index (χ0n) is 11.4. The first-order valence-electron chi connectivity index (χ1n) is 6.49. The molecular weight excluding hydrogens is 288 g/mol. The molecule has 0 aliphatic heterocycles.